The highest BCUT2D eigenvalue weighted by Crippen LogP contribution is 2.43. The summed E-state index contributed by atoms with van der Waals surface area (Å²) >= 11 is 0. The second kappa shape index (κ2) is 13.1. The smallest absolute Gasteiger partial charge is 0.429 e. The molecule has 13 heteroatoms. The fourth-order valence-corrected chi connectivity index (χ4v) is 6.83. The van der Waals surface area contributed by atoms with Crippen LogP contribution in [0.5, 0.6) is 5.88 Å². The first kappa shape index (κ1) is 33.3. The summed E-state index contributed by atoms with van der Waals surface area (Å²) in [6, 6.07) is 13.6. The molecule has 0 bridgehead atoms. The molecular formula is C35H40F3N7O3. The molecule has 3 N–H and O–H groups in total. The number of rotatable bonds is 8. The van der Waals surface area contributed by atoms with Crippen LogP contribution in [0.4, 0.5) is 24.9 Å². The first-order chi connectivity index (χ1) is 22.8. The van der Waals surface area contributed by atoms with Crippen LogP contribution < -0.4 is 20.7 Å². The number of anilines is 2. The number of carbonyl (C=O) groups is 1. The number of nitrogens with one attached hydrogen (secondary N) is 1. The number of hydrogen-bond acceptors (Lipinski definition) is 9. The first-order valence-electron chi connectivity index (χ1n) is 16.1. The molecule has 2 saturated heterocycles. The van der Waals surface area contributed by atoms with Crippen LogP contribution >= 0.6 is 0 Å². The number of nitrogens with zero attached hydrogens (tertiary/aromatic N) is 5. The van der Waals surface area contributed by atoms with Crippen LogP contribution in [-0.4, -0.2) is 64.2 Å². The Kier molecular flexibility index (Phi) is 9.08. The summed E-state index contributed by atoms with van der Waals surface area (Å²) in [6.07, 6.45) is -3.34. The number of esters is 1. The molecule has 6 rings (SSSR count). The maximum absolute atomic E-state index is 14.9. The van der Waals surface area contributed by atoms with E-state index in [1.165, 1.54) is 16.8 Å². The Bertz CT molecular complexity index is 1780. The molecule has 2 fully saturated rings. The number of ether oxygens (including phenoxy) is 2. The van der Waals surface area contributed by atoms with Crippen molar-refractivity contribution in [3.63, 3.8) is 0 Å². The van der Waals surface area contributed by atoms with Gasteiger partial charge in [-0.05, 0) is 75.6 Å². The van der Waals surface area contributed by atoms with Gasteiger partial charge in [0.2, 0.25) is 17.9 Å². The molecule has 2 aromatic carbocycles. The Morgan fingerprint density at radius 3 is 2.42 bits per heavy atom. The minimum absolute atomic E-state index is 0.0717. The van der Waals surface area contributed by atoms with Gasteiger partial charge < -0.3 is 25.4 Å². The van der Waals surface area contributed by atoms with Crippen molar-refractivity contribution in [2.75, 3.05) is 36.9 Å². The van der Waals surface area contributed by atoms with Gasteiger partial charge in [0.25, 0.3) is 0 Å². The van der Waals surface area contributed by atoms with Gasteiger partial charge in [-0.15, -0.1) is 0 Å². The van der Waals surface area contributed by atoms with Gasteiger partial charge in [-0.3, -0.25) is 4.79 Å². The molecule has 2 aliphatic rings. The van der Waals surface area contributed by atoms with E-state index < -0.39 is 12.3 Å². The third kappa shape index (κ3) is 7.10. The number of piperidine rings is 1. The number of benzene rings is 2. The summed E-state index contributed by atoms with van der Waals surface area (Å²) in [5.74, 6) is -0.339. The zero-order chi connectivity index (χ0) is 34.2. The number of carbonyl (C=O) groups excluding carboxylic acids is 1. The molecule has 2 aliphatic heterocycles. The van der Waals surface area contributed by atoms with E-state index in [9.17, 15) is 18.0 Å². The van der Waals surface area contributed by atoms with Gasteiger partial charge >= 0.3 is 12.1 Å². The highest BCUT2D eigenvalue weighted by molar-refractivity contribution is 5.76. The Balaban J connectivity index is 1.28. The fourth-order valence-electron chi connectivity index (χ4n) is 6.83. The predicted molar refractivity (Wildman–Crippen MR) is 176 cm³/mol. The summed E-state index contributed by atoms with van der Waals surface area (Å²) in [4.78, 5) is 22.6. The maximum atomic E-state index is 14.9. The molecule has 2 aromatic heterocycles. The van der Waals surface area contributed by atoms with Gasteiger partial charge in [0.05, 0.1) is 18.0 Å². The van der Waals surface area contributed by atoms with E-state index in [2.05, 4.69) is 20.4 Å². The van der Waals surface area contributed by atoms with Gasteiger partial charge in [0.1, 0.15) is 11.9 Å². The van der Waals surface area contributed by atoms with Crippen molar-refractivity contribution in [2.24, 2.45) is 5.41 Å². The monoisotopic (exact) mass is 663 g/mol. The van der Waals surface area contributed by atoms with Crippen molar-refractivity contribution in [3.8, 4) is 22.7 Å². The van der Waals surface area contributed by atoms with E-state index in [4.69, 9.17) is 15.2 Å². The second-order valence-electron chi connectivity index (χ2n) is 12.9. The molecule has 0 amide bonds. The number of aryl methyl sites for hydroxylation is 3. The summed E-state index contributed by atoms with van der Waals surface area (Å²) in [6.45, 7) is 9.70. The average molecular weight is 664 g/mol. The number of alkyl halides is 3. The fraction of sp³-hybridized carbons (Fsp3) is 0.429. The van der Waals surface area contributed by atoms with Gasteiger partial charge in [0.15, 0.2) is 0 Å². The summed E-state index contributed by atoms with van der Waals surface area (Å²) < 4.78 is 57.0. The third-order valence-electron chi connectivity index (χ3n) is 9.16. The van der Waals surface area contributed by atoms with Crippen LogP contribution in [0.15, 0.2) is 54.7 Å². The van der Waals surface area contributed by atoms with Crippen LogP contribution in [0, 0.1) is 26.2 Å². The predicted octanol–water partition coefficient (Wildman–Crippen LogP) is 6.03. The molecule has 10 nitrogen and oxygen atoms in total. The second-order valence-corrected chi connectivity index (χ2v) is 12.9. The lowest BCUT2D eigenvalue weighted by Gasteiger charge is -2.39. The lowest BCUT2D eigenvalue weighted by Crippen LogP contribution is -2.41. The first-order valence-corrected chi connectivity index (χ1v) is 16.1. The highest BCUT2D eigenvalue weighted by Gasteiger charge is 2.46. The van der Waals surface area contributed by atoms with Crippen molar-refractivity contribution in [1.29, 1.82) is 0 Å². The number of nitrogens with two attached hydrogens (primary N) is 1. The average Bonchev–Trinajstić information content (AvgIpc) is 3.65. The van der Waals surface area contributed by atoms with Crippen molar-refractivity contribution < 1.29 is 27.4 Å². The number of hydrogen-bond donors (Lipinski definition) is 2. The van der Waals surface area contributed by atoms with E-state index in [0.29, 0.717) is 44.2 Å². The lowest BCUT2D eigenvalue weighted by molar-refractivity contribution is -0.198. The van der Waals surface area contributed by atoms with Crippen molar-refractivity contribution in [2.45, 2.75) is 65.3 Å². The van der Waals surface area contributed by atoms with Crippen LogP contribution in [0.1, 0.15) is 54.7 Å². The van der Waals surface area contributed by atoms with Crippen LogP contribution in [-0.2, 0) is 9.53 Å². The Morgan fingerprint density at radius 2 is 1.77 bits per heavy atom. The molecule has 254 valence electrons. The van der Waals surface area contributed by atoms with E-state index in [-0.39, 0.29) is 40.5 Å². The van der Waals surface area contributed by atoms with Crippen molar-refractivity contribution in [1.82, 2.24) is 25.1 Å². The minimum atomic E-state index is -4.80. The molecule has 0 radical (unpaired) electrons. The Morgan fingerprint density at radius 1 is 1.04 bits per heavy atom. The number of nitrogen functional groups attached to an aromatic ring is 1. The molecule has 0 unspecified atom stereocenters. The summed E-state index contributed by atoms with van der Waals surface area (Å²) in [5, 5.41) is 7.73. The zero-order valence-corrected chi connectivity index (χ0v) is 27.5. The standard InChI is InChI=1S/C35H40F3N7O3/c1-5-47-32(46)27-19-34(20-40-27)9-12-44(13-10-34)29-18-30(42-33(39)41-29)48-31(35(36,37)38)26-7-6-24(25-15-21(2)14-22(3)16-25)17-28(26)45-11-8-23(4)43-45/h6-8,11,14-18,27,31,40H,5,9-10,12-13,19-20H2,1-4H3,(H2,39,41,42)/t27-,31+/m0/s1. The minimum Gasteiger partial charge on any atom is -0.465 e. The topological polar surface area (TPSA) is 120 Å². The summed E-state index contributed by atoms with van der Waals surface area (Å²) in [7, 11) is 0. The van der Waals surface area contributed by atoms with E-state index in [0.717, 1.165) is 35.1 Å². The largest absolute Gasteiger partial charge is 0.465 e. The van der Waals surface area contributed by atoms with Gasteiger partial charge in [-0.25, -0.2) is 4.68 Å². The Labute approximate surface area is 277 Å². The van der Waals surface area contributed by atoms with Crippen LogP contribution in [0.25, 0.3) is 16.8 Å². The summed E-state index contributed by atoms with van der Waals surface area (Å²) in [5.41, 5.74) is 10.4. The normalized spacial score (nSPS) is 18.2. The molecule has 4 aromatic rings. The van der Waals surface area contributed by atoms with Gasteiger partial charge in [-0.2, -0.15) is 28.2 Å². The number of aromatic nitrogens is 4. The molecule has 2 atom stereocenters. The van der Waals surface area contributed by atoms with E-state index in [1.807, 2.05) is 36.9 Å². The zero-order valence-electron chi connectivity index (χ0n) is 27.5. The highest BCUT2D eigenvalue weighted by atomic mass is 19.4. The van der Waals surface area contributed by atoms with Crippen LogP contribution in [0.3, 0.4) is 0 Å². The third-order valence-corrected chi connectivity index (χ3v) is 9.16. The maximum Gasteiger partial charge on any atom is 0.429 e. The molecule has 4 heterocycles. The SMILES string of the molecule is CCOC(=O)[C@@H]1CC2(CCN(c3cc(O[C@H](c4ccc(-c5cc(C)cc(C)c5)cc4-n4ccc(C)n4)C(F)(F)F)nc(N)n3)CC2)CN1. The van der Waals surface area contributed by atoms with Crippen molar-refractivity contribution in [3.05, 3.63) is 77.1 Å². The Hall–Kier alpha value is -4.65. The quantitative estimate of drug-likeness (QED) is 0.218. The van der Waals surface area contributed by atoms with Gasteiger partial charge in [0, 0.05) is 37.5 Å². The van der Waals surface area contributed by atoms with Crippen LogP contribution in [0.2, 0.25) is 0 Å². The number of halogens is 3. The molecule has 0 aliphatic carbocycles. The molecule has 48 heavy (non-hydrogen) atoms. The molecule has 1 spiro atoms. The molecular weight excluding hydrogens is 623 g/mol. The van der Waals surface area contributed by atoms with E-state index in [1.54, 1.807) is 38.2 Å². The van der Waals surface area contributed by atoms with Gasteiger partial charge in [-0.1, -0.05) is 41.5 Å². The lowest BCUT2D eigenvalue weighted by atomic mass is 9.76. The molecule has 0 saturated carbocycles. The van der Waals surface area contributed by atoms with E-state index >= 15 is 0 Å². The van der Waals surface area contributed by atoms with Crippen molar-refractivity contribution >= 4 is 17.7 Å².